The van der Waals surface area contributed by atoms with E-state index < -0.39 is 0 Å². The number of ether oxygens (including phenoxy) is 1. The van der Waals surface area contributed by atoms with Crippen molar-refractivity contribution in [3.8, 4) is 0 Å². The van der Waals surface area contributed by atoms with Crippen LogP contribution in [0.15, 0.2) is 36.6 Å². The number of hydrogen-bond donors (Lipinski definition) is 0. The standard InChI is InChI=1S/C10H13O.3CO.Mn/c1-2-3-6-9-11-10-7-4-5-8-10;3*1-2;/h2,4-5,7-8H,1,3,6,9H2;;;;. The quantitative estimate of drug-likeness (QED) is 0.252. The minimum absolute atomic E-state index is 0. The topological polar surface area (TPSA) is 68.9 Å². The Morgan fingerprint density at radius 3 is 2.11 bits per heavy atom. The van der Waals surface area contributed by atoms with Crippen LogP contribution in [0.3, 0.4) is 0 Å². The minimum Gasteiger partial charge on any atom is 0 e. The van der Waals surface area contributed by atoms with E-state index in [9.17, 15) is 0 Å². The summed E-state index contributed by atoms with van der Waals surface area (Å²) < 4.78 is 27.9. The van der Waals surface area contributed by atoms with Crippen molar-refractivity contribution in [3.63, 3.8) is 0 Å². The van der Waals surface area contributed by atoms with Crippen LogP contribution in [0.25, 0.3) is 0 Å². The van der Waals surface area contributed by atoms with Crippen LogP contribution in [0.1, 0.15) is 12.8 Å². The van der Waals surface area contributed by atoms with Crippen LogP contribution in [0, 0.1) is 26.4 Å². The first-order valence-electron chi connectivity index (χ1n) is 4.50. The SMILES string of the molecule is C=CCCCOC1=C[CH]C=C1.[C-]#[O+].[C-]#[O+].[C-]#[O+].[Mn]. The molecule has 0 heterocycles. The van der Waals surface area contributed by atoms with E-state index in [1.165, 1.54) is 0 Å². The Bertz CT molecular complexity index is 273. The Morgan fingerprint density at radius 2 is 1.72 bits per heavy atom. The van der Waals surface area contributed by atoms with E-state index in [4.69, 9.17) is 18.7 Å². The fourth-order valence-corrected chi connectivity index (χ4v) is 0.870. The van der Waals surface area contributed by atoms with Crippen molar-refractivity contribution >= 4 is 0 Å². The molecule has 0 saturated carbocycles. The van der Waals surface area contributed by atoms with Gasteiger partial charge in [0.1, 0.15) is 5.76 Å². The zero-order valence-electron chi connectivity index (χ0n) is 9.73. The molecule has 18 heavy (non-hydrogen) atoms. The Morgan fingerprint density at radius 1 is 1.17 bits per heavy atom. The molecule has 0 amide bonds. The third kappa shape index (κ3) is 20.2. The third-order valence-corrected chi connectivity index (χ3v) is 1.45. The van der Waals surface area contributed by atoms with Gasteiger partial charge in [0, 0.05) is 23.5 Å². The molecule has 0 aliphatic heterocycles. The van der Waals surface area contributed by atoms with Gasteiger partial charge in [0.2, 0.25) is 0 Å². The van der Waals surface area contributed by atoms with Gasteiger partial charge >= 0.3 is 33.9 Å². The molecule has 1 aliphatic carbocycles. The maximum absolute atomic E-state index is 7.50. The molecule has 96 valence electrons. The summed E-state index contributed by atoms with van der Waals surface area (Å²) in [5, 5.41) is 0. The van der Waals surface area contributed by atoms with Gasteiger partial charge in [-0.15, -0.1) is 6.58 Å². The fraction of sp³-hybridized carbons (Fsp3) is 0.231. The van der Waals surface area contributed by atoms with E-state index in [-0.39, 0.29) is 17.1 Å². The second-order valence-electron chi connectivity index (χ2n) is 2.40. The number of allylic oxidation sites excluding steroid dienone is 4. The Hall–Kier alpha value is -1.24. The predicted octanol–water partition coefficient (Wildman–Crippen LogP) is 2.51. The van der Waals surface area contributed by atoms with Gasteiger partial charge in [-0.3, -0.25) is 0 Å². The van der Waals surface area contributed by atoms with Gasteiger partial charge < -0.3 is 4.74 Å². The normalized spacial score (nSPS) is 9.33. The summed E-state index contributed by atoms with van der Waals surface area (Å²) in [6.45, 7) is 17.9. The van der Waals surface area contributed by atoms with Crippen LogP contribution >= 0.6 is 0 Å². The molecule has 0 unspecified atom stereocenters. The summed E-state index contributed by atoms with van der Waals surface area (Å²) in [6, 6.07) is 0. The van der Waals surface area contributed by atoms with Crippen molar-refractivity contribution in [1.29, 1.82) is 0 Å². The van der Waals surface area contributed by atoms with Crippen LogP contribution in [0.2, 0.25) is 0 Å². The summed E-state index contributed by atoms with van der Waals surface area (Å²) in [5.74, 6) is 0.967. The van der Waals surface area contributed by atoms with Crippen molar-refractivity contribution < 1.29 is 35.8 Å². The Kier molecular flexibility index (Phi) is 42.1. The molecular formula is C13H13MnO4. The molecule has 1 rings (SSSR count). The molecule has 4 nitrogen and oxygen atoms in total. The summed E-state index contributed by atoms with van der Waals surface area (Å²) >= 11 is 0. The molecule has 0 saturated heterocycles. The average molecular weight is 288 g/mol. The molecule has 0 aromatic heterocycles. The molecule has 1 aliphatic rings. The van der Waals surface area contributed by atoms with Gasteiger partial charge in [-0.1, -0.05) is 12.2 Å². The number of hydrogen-bond acceptors (Lipinski definition) is 1. The Labute approximate surface area is 118 Å². The molecule has 0 spiro atoms. The van der Waals surface area contributed by atoms with E-state index in [0.29, 0.717) is 0 Å². The average Bonchev–Trinajstić information content (AvgIpc) is 2.95. The zero-order valence-corrected chi connectivity index (χ0v) is 10.9. The van der Waals surface area contributed by atoms with Crippen LogP contribution < -0.4 is 0 Å². The van der Waals surface area contributed by atoms with Crippen molar-refractivity contribution in [1.82, 2.24) is 0 Å². The smallest absolute Gasteiger partial charge is 0 e. The fourth-order valence-electron chi connectivity index (χ4n) is 0.870. The first-order valence-corrected chi connectivity index (χ1v) is 4.50. The van der Waals surface area contributed by atoms with Crippen LogP contribution in [0.4, 0.5) is 0 Å². The van der Waals surface area contributed by atoms with Gasteiger partial charge in [0.15, 0.2) is 0 Å². The molecule has 0 aromatic rings. The molecule has 5 heteroatoms. The molecule has 2 radical (unpaired) electrons. The molecule has 0 N–H and O–H groups in total. The third-order valence-electron chi connectivity index (χ3n) is 1.45. The van der Waals surface area contributed by atoms with Gasteiger partial charge in [-0.05, 0) is 25.0 Å². The Balaban J connectivity index is -0.000000123. The van der Waals surface area contributed by atoms with Crippen LogP contribution in [-0.2, 0) is 35.8 Å². The molecule has 0 atom stereocenters. The first-order chi connectivity index (χ1) is 8.43. The molecular weight excluding hydrogens is 275 g/mol. The largest absolute Gasteiger partial charge is 0 e. The van der Waals surface area contributed by atoms with E-state index in [1.807, 2.05) is 30.7 Å². The first kappa shape index (κ1) is 25.6. The van der Waals surface area contributed by atoms with Crippen molar-refractivity contribution in [2.75, 3.05) is 6.61 Å². The zero-order chi connectivity index (χ0) is 13.9. The van der Waals surface area contributed by atoms with E-state index in [0.717, 1.165) is 25.2 Å². The van der Waals surface area contributed by atoms with E-state index in [1.54, 1.807) is 0 Å². The van der Waals surface area contributed by atoms with Crippen LogP contribution in [0.5, 0.6) is 0 Å². The summed E-state index contributed by atoms with van der Waals surface area (Å²) in [6.07, 6.45) is 11.9. The number of unbranched alkanes of at least 4 members (excludes halogenated alkanes) is 1. The number of rotatable bonds is 5. The van der Waals surface area contributed by atoms with Gasteiger partial charge in [-0.25, -0.2) is 0 Å². The summed E-state index contributed by atoms with van der Waals surface area (Å²) in [7, 11) is 0. The molecule has 0 fully saturated rings. The van der Waals surface area contributed by atoms with Crippen molar-refractivity contribution in [3.05, 3.63) is 63.0 Å². The minimum atomic E-state index is 0. The van der Waals surface area contributed by atoms with Crippen molar-refractivity contribution in [2.45, 2.75) is 12.8 Å². The van der Waals surface area contributed by atoms with Gasteiger partial charge in [-0.2, -0.15) is 0 Å². The van der Waals surface area contributed by atoms with Gasteiger partial charge in [0.25, 0.3) is 0 Å². The van der Waals surface area contributed by atoms with Crippen molar-refractivity contribution in [2.24, 2.45) is 0 Å². The predicted molar refractivity (Wildman–Crippen MR) is 58.7 cm³/mol. The van der Waals surface area contributed by atoms with Gasteiger partial charge in [0.05, 0.1) is 6.61 Å². The summed E-state index contributed by atoms with van der Waals surface area (Å²) in [4.78, 5) is 0. The van der Waals surface area contributed by atoms with Crippen LogP contribution in [-0.4, -0.2) is 6.61 Å². The molecule has 0 bridgehead atoms. The van der Waals surface area contributed by atoms with E-state index >= 15 is 0 Å². The second-order valence-corrected chi connectivity index (χ2v) is 2.40. The van der Waals surface area contributed by atoms with E-state index in [2.05, 4.69) is 26.5 Å². The summed E-state index contributed by atoms with van der Waals surface area (Å²) in [5.41, 5.74) is 0. The second kappa shape index (κ2) is 29.7. The molecule has 0 aromatic carbocycles. The maximum atomic E-state index is 7.50. The monoisotopic (exact) mass is 288 g/mol. The maximum Gasteiger partial charge on any atom is 0 e.